The molecule has 3 N–H and O–H groups in total. The summed E-state index contributed by atoms with van der Waals surface area (Å²) in [4.78, 5) is 48.4. The number of carbonyl (C=O) groups excluding carboxylic acids is 4. The fraction of sp³-hybridized carbons (Fsp3) is 0.412. The van der Waals surface area contributed by atoms with E-state index in [0.717, 1.165) is 0 Å². The van der Waals surface area contributed by atoms with Gasteiger partial charge in [-0.1, -0.05) is 13.8 Å². The van der Waals surface area contributed by atoms with E-state index in [1.54, 1.807) is 12.1 Å². The van der Waals surface area contributed by atoms with Crippen LogP contribution in [0.3, 0.4) is 0 Å². The molecule has 0 saturated carbocycles. The maximum Gasteiger partial charge on any atom is 0.319 e. The third-order valence-electron chi connectivity index (χ3n) is 3.56. The van der Waals surface area contributed by atoms with Crippen LogP contribution in [0.1, 0.15) is 41.5 Å². The minimum Gasteiger partial charge on any atom is -0.355 e. The molecular weight excluding hydrogens is 324 g/mol. The summed E-state index contributed by atoms with van der Waals surface area (Å²) in [7, 11) is 0. The highest BCUT2D eigenvalue weighted by Crippen LogP contribution is 2.26. The first kappa shape index (κ1) is 18.4. The molecule has 25 heavy (non-hydrogen) atoms. The van der Waals surface area contributed by atoms with Crippen LogP contribution in [0.15, 0.2) is 18.2 Å². The van der Waals surface area contributed by atoms with Crippen LogP contribution in [-0.2, 0) is 4.79 Å². The summed E-state index contributed by atoms with van der Waals surface area (Å²) in [5.41, 5.74) is 1.06. The molecular formula is C17H22N4O4. The van der Waals surface area contributed by atoms with Crippen molar-refractivity contribution >= 4 is 29.4 Å². The highest BCUT2D eigenvalue weighted by atomic mass is 16.2. The monoisotopic (exact) mass is 346 g/mol. The number of imide groups is 1. The first-order valence-electron chi connectivity index (χ1n) is 8.09. The number of nitrogens with one attached hydrogen (secondary N) is 3. The van der Waals surface area contributed by atoms with Crippen molar-refractivity contribution in [3.05, 3.63) is 29.3 Å². The zero-order valence-electron chi connectivity index (χ0n) is 14.5. The largest absolute Gasteiger partial charge is 0.355 e. The number of hydrogen-bond donors (Lipinski definition) is 3. The van der Waals surface area contributed by atoms with Crippen molar-refractivity contribution in [2.24, 2.45) is 5.92 Å². The third kappa shape index (κ3) is 4.56. The lowest BCUT2D eigenvalue weighted by Crippen LogP contribution is -2.36. The number of nitrogens with zero attached hydrogens (tertiary/aromatic N) is 1. The van der Waals surface area contributed by atoms with Crippen LogP contribution in [0.4, 0.5) is 10.5 Å². The predicted octanol–water partition coefficient (Wildman–Crippen LogP) is 1.20. The second-order valence-electron chi connectivity index (χ2n) is 6.24. The molecule has 0 aliphatic carbocycles. The Kier molecular flexibility index (Phi) is 5.74. The Labute approximate surface area is 145 Å². The molecule has 2 rings (SSSR count). The van der Waals surface area contributed by atoms with Gasteiger partial charge in [0.2, 0.25) is 5.91 Å². The van der Waals surface area contributed by atoms with E-state index in [2.05, 4.69) is 16.0 Å². The molecule has 1 aliphatic rings. The first-order valence-corrected chi connectivity index (χ1v) is 8.09. The van der Waals surface area contributed by atoms with Crippen LogP contribution in [-0.4, -0.2) is 48.3 Å². The Balaban J connectivity index is 1.99. The van der Waals surface area contributed by atoms with Crippen molar-refractivity contribution in [3.63, 3.8) is 0 Å². The molecule has 0 aromatic heterocycles. The Morgan fingerprint density at radius 3 is 2.32 bits per heavy atom. The van der Waals surface area contributed by atoms with Crippen molar-refractivity contribution in [1.29, 1.82) is 0 Å². The summed E-state index contributed by atoms with van der Waals surface area (Å²) in [6, 6.07) is 4.17. The summed E-state index contributed by atoms with van der Waals surface area (Å²) >= 11 is 0. The number of amides is 5. The Morgan fingerprint density at radius 2 is 1.68 bits per heavy atom. The van der Waals surface area contributed by atoms with Gasteiger partial charge < -0.3 is 16.0 Å². The number of benzene rings is 1. The molecule has 8 nitrogen and oxygen atoms in total. The molecule has 0 atom stereocenters. The smallest absolute Gasteiger partial charge is 0.319 e. The molecule has 1 aromatic rings. The maximum absolute atomic E-state index is 12.4. The molecule has 5 amide bonds. The van der Waals surface area contributed by atoms with E-state index in [4.69, 9.17) is 0 Å². The second-order valence-corrected chi connectivity index (χ2v) is 6.24. The molecule has 0 fully saturated rings. The minimum absolute atomic E-state index is 0.171. The van der Waals surface area contributed by atoms with Gasteiger partial charge in [-0.2, -0.15) is 0 Å². The van der Waals surface area contributed by atoms with Gasteiger partial charge in [0.05, 0.1) is 11.1 Å². The summed E-state index contributed by atoms with van der Waals surface area (Å²) in [5, 5.41) is 7.75. The van der Waals surface area contributed by atoms with Gasteiger partial charge in [0.1, 0.15) is 0 Å². The molecule has 1 heterocycles. The molecule has 0 radical (unpaired) electrons. The first-order chi connectivity index (χ1) is 11.8. The van der Waals surface area contributed by atoms with E-state index in [9.17, 15) is 19.2 Å². The second kappa shape index (κ2) is 7.78. The van der Waals surface area contributed by atoms with Crippen LogP contribution < -0.4 is 16.0 Å². The quantitative estimate of drug-likeness (QED) is 0.531. The standard InChI is InChI=1S/C17H22N4O4/c1-10(2)9-21-15(23)13-5-4-12(8-14(13)16(21)24)20-17(25)19-7-6-18-11(3)22/h4-5,8,10H,6-7,9H2,1-3H3,(H,18,22)(H2,19,20,25). The molecule has 0 saturated heterocycles. The summed E-state index contributed by atoms with van der Waals surface area (Å²) in [5.74, 6) is -0.646. The molecule has 1 aromatic carbocycles. The van der Waals surface area contributed by atoms with E-state index >= 15 is 0 Å². The molecule has 8 heteroatoms. The van der Waals surface area contributed by atoms with Gasteiger partial charge in [-0.15, -0.1) is 0 Å². The Bertz CT molecular complexity index is 715. The van der Waals surface area contributed by atoms with E-state index < -0.39 is 6.03 Å². The fourth-order valence-corrected chi connectivity index (χ4v) is 2.49. The van der Waals surface area contributed by atoms with Gasteiger partial charge >= 0.3 is 6.03 Å². The van der Waals surface area contributed by atoms with Gasteiger partial charge in [0.25, 0.3) is 11.8 Å². The number of fused-ring (bicyclic) bond motifs is 1. The van der Waals surface area contributed by atoms with Crippen molar-refractivity contribution in [2.45, 2.75) is 20.8 Å². The van der Waals surface area contributed by atoms with E-state index in [1.165, 1.54) is 17.9 Å². The average Bonchev–Trinajstić information content (AvgIpc) is 2.76. The molecule has 0 spiro atoms. The summed E-state index contributed by atoms with van der Waals surface area (Å²) in [6.07, 6.45) is 0. The minimum atomic E-state index is -0.457. The lowest BCUT2D eigenvalue weighted by atomic mass is 10.1. The normalized spacial score (nSPS) is 13.0. The van der Waals surface area contributed by atoms with Crippen molar-refractivity contribution < 1.29 is 19.2 Å². The number of rotatable bonds is 6. The van der Waals surface area contributed by atoms with Gasteiger partial charge in [0.15, 0.2) is 0 Å². The zero-order valence-corrected chi connectivity index (χ0v) is 14.5. The number of hydrogen-bond acceptors (Lipinski definition) is 4. The zero-order chi connectivity index (χ0) is 18.6. The van der Waals surface area contributed by atoms with E-state index in [-0.39, 0.29) is 30.2 Å². The van der Waals surface area contributed by atoms with Crippen molar-refractivity contribution in [3.8, 4) is 0 Å². The molecule has 1 aliphatic heterocycles. The molecule has 0 unspecified atom stereocenters. The van der Waals surface area contributed by atoms with Gasteiger partial charge in [0, 0.05) is 32.2 Å². The van der Waals surface area contributed by atoms with Crippen LogP contribution in [0.25, 0.3) is 0 Å². The maximum atomic E-state index is 12.4. The lowest BCUT2D eigenvalue weighted by Gasteiger charge is -2.15. The van der Waals surface area contributed by atoms with Crippen molar-refractivity contribution in [2.75, 3.05) is 25.0 Å². The topological polar surface area (TPSA) is 108 Å². The highest BCUT2D eigenvalue weighted by Gasteiger charge is 2.35. The fourth-order valence-electron chi connectivity index (χ4n) is 2.49. The van der Waals surface area contributed by atoms with E-state index in [0.29, 0.717) is 29.9 Å². The van der Waals surface area contributed by atoms with Crippen molar-refractivity contribution in [1.82, 2.24) is 15.5 Å². The Morgan fingerprint density at radius 1 is 1.04 bits per heavy atom. The van der Waals surface area contributed by atoms with Crippen LogP contribution in [0.5, 0.6) is 0 Å². The Hall–Kier alpha value is -2.90. The molecule has 134 valence electrons. The average molecular weight is 346 g/mol. The highest BCUT2D eigenvalue weighted by molar-refractivity contribution is 6.21. The predicted molar refractivity (Wildman–Crippen MR) is 92.4 cm³/mol. The van der Waals surface area contributed by atoms with Crippen LogP contribution in [0, 0.1) is 5.92 Å². The van der Waals surface area contributed by atoms with Gasteiger partial charge in [-0.3, -0.25) is 19.3 Å². The van der Waals surface area contributed by atoms with Crippen LogP contribution in [0.2, 0.25) is 0 Å². The summed E-state index contributed by atoms with van der Waals surface area (Å²) in [6.45, 7) is 6.22. The SMILES string of the molecule is CC(=O)NCCNC(=O)Nc1ccc2c(c1)C(=O)N(CC(C)C)C2=O. The molecule has 0 bridgehead atoms. The van der Waals surface area contributed by atoms with Crippen LogP contribution >= 0.6 is 0 Å². The number of urea groups is 1. The third-order valence-corrected chi connectivity index (χ3v) is 3.56. The van der Waals surface area contributed by atoms with Gasteiger partial charge in [-0.25, -0.2) is 4.79 Å². The summed E-state index contributed by atoms with van der Waals surface area (Å²) < 4.78 is 0. The van der Waals surface area contributed by atoms with E-state index in [1.807, 2.05) is 13.8 Å². The number of anilines is 1. The van der Waals surface area contributed by atoms with Gasteiger partial charge in [-0.05, 0) is 24.1 Å². The lowest BCUT2D eigenvalue weighted by molar-refractivity contribution is -0.118. The number of carbonyl (C=O) groups is 4.